The Balaban J connectivity index is 1.54. The van der Waals surface area contributed by atoms with Gasteiger partial charge < -0.3 is 5.32 Å². The van der Waals surface area contributed by atoms with E-state index >= 15 is 0 Å². The van der Waals surface area contributed by atoms with E-state index in [0.717, 1.165) is 29.5 Å². The Hall–Kier alpha value is -2.31. The third-order valence-corrected chi connectivity index (χ3v) is 5.64. The van der Waals surface area contributed by atoms with Gasteiger partial charge in [-0.1, -0.05) is 47.6 Å². The number of thioether (sulfide) groups is 1. The van der Waals surface area contributed by atoms with Gasteiger partial charge in [-0.2, -0.15) is 0 Å². The Kier molecular flexibility index (Phi) is 5.18. The fourth-order valence-electron chi connectivity index (χ4n) is 2.81. The second-order valence-electron chi connectivity index (χ2n) is 6.55. The number of aromatic nitrogens is 3. The molecular formula is C20H19ClN4OS. The monoisotopic (exact) mass is 398 g/mol. The molecule has 1 atom stereocenters. The van der Waals surface area contributed by atoms with Crippen LogP contribution in [-0.4, -0.2) is 25.9 Å². The Morgan fingerprint density at radius 1 is 1.19 bits per heavy atom. The predicted octanol–water partition coefficient (Wildman–Crippen LogP) is 4.92. The van der Waals surface area contributed by atoms with E-state index in [0.29, 0.717) is 16.6 Å². The van der Waals surface area contributed by atoms with Crippen molar-refractivity contribution in [2.24, 2.45) is 0 Å². The van der Waals surface area contributed by atoms with Crippen molar-refractivity contribution in [2.45, 2.75) is 36.1 Å². The van der Waals surface area contributed by atoms with Gasteiger partial charge in [0.15, 0.2) is 5.16 Å². The molecule has 1 amide bonds. The topological polar surface area (TPSA) is 59.8 Å². The highest BCUT2D eigenvalue weighted by molar-refractivity contribution is 8.00. The summed E-state index contributed by atoms with van der Waals surface area (Å²) in [6, 6.07) is 17.2. The normalized spacial score (nSPS) is 14.7. The second kappa shape index (κ2) is 7.74. The lowest BCUT2D eigenvalue weighted by atomic mass is 10.3. The van der Waals surface area contributed by atoms with E-state index in [2.05, 4.69) is 20.1 Å². The van der Waals surface area contributed by atoms with Gasteiger partial charge in [0.1, 0.15) is 5.82 Å². The summed E-state index contributed by atoms with van der Waals surface area (Å²) in [6.07, 6.45) is 2.28. The molecule has 0 aliphatic heterocycles. The molecule has 1 aliphatic carbocycles. The molecule has 138 valence electrons. The highest BCUT2D eigenvalue weighted by atomic mass is 35.5. The van der Waals surface area contributed by atoms with Gasteiger partial charge in [-0.05, 0) is 50.1 Å². The Labute approximate surface area is 167 Å². The van der Waals surface area contributed by atoms with Crippen molar-refractivity contribution in [3.05, 3.63) is 65.4 Å². The first-order chi connectivity index (χ1) is 13.1. The Morgan fingerprint density at radius 3 is 2.67 bits per heavy atom. The summed E-state index contributed by atoms with van der Waals surface area (Å²) in [6.45, 7) is 1.87. The molecule has 0 unspecified atom stereocenters. The molecule has 1 aliphatic rings. The first-order valence-electron chi connectivity index (χ1n) is 8.85. The number of amides is 1. The lowest BCUT2D eigenvalue weighted by molar-refractivity contribution is -0.115. The lowest BCUT2D eigenvalue weighted by Crippen LogP contribution is -2.22. The van der Waals surface area contributed by atoms with Crippen LogP contribution >= 0.6 is 23.4 Å². The number of rotatable bonds is 6. The third-order valence-electron chi connectivity index (χ3n) is 4.36. The molecule has 0 radical (unpaired) electrons. The molecule has 1 fully saturated rings. The summed E-state index contributed by atoms with van der Waals surface area (Å²) >= 11 is 7.39. The average molecular weight is 399 g/mol. The SMILES string of the molecule is C[C@H](Sc1nnc(C2CC2)n1-c1ccccc1)C(=O)Nc1cccc(Cl)c1. The number of carbonyl (C=O) groups excluding carboxylic acids is 1. The fraction of sp³-hybridized carbons (Fsp3) is 0.250. The first kappa shape index (κ1) is 18.1. The van der Waals surface area contributed by atoms with Gasteiger partial charge >= 0.3 is 0 Å². The summed E-state index contributed by atoms with van der Waals surface area (Å²) in [5, 5.41) is 12.7. The zero-order valence-corrected chi connectivity index (χ0v) is 16.4. The smallest absolute Gasteiger partial charge is 0.237 e. The van der Waals surface area contributed by atoms with Crippen molar-refractivity contribution in [1.29, 1.82) is 0 Å². The average Bonchev–Trinajstić information content (AvgIpc) is 3.43. The van der Waals surface area contributed by atoms with Gasteiger partial charge in [0.2, 0.25) is 5.91 Å². The molecule has 7 heteroatoms. The summed E-state index contributed by atoms with van der Waals surface area (Å²) < 4.78 is 2.07. The third kappa shape index (κ3) is 4.17. The maximum atomic E-state index is 12.6. The number of hydrogen-bond acceptors (Lipinski definition) is 4. The quantitative estimate of drug-likeness (QED) is 0.599. The summed E-state index contributed by atoms with van der Waals surface area (Å²) in [4.78, 5) is 12.6. The zero-order chi connectivity index (χ0) is 18.8. The van der Waals surface area contributed by atoms with Crippen LogP contribution < -0.4 is 5.32 Å². The molecule has 27 heavy (non-hydrogen) atoms. The highest BCUT2D eigenvalue weighted by Crippen LogP contribution is 2.41. The van der Waals surface area contributed by atoms with E-state index in [9.17, 15) is 4.79 Å². The van der Waals surface area contributed by atoms with Crippen LogP contribution in [0.3, 0.4) is 0 Å². The van der Waals surface area contributed by atoms with Crippen molar-refractivity contribution in [3.63, 3.8) is 0 Å². The van der Waals surface area contributed by atoms with Crippen LogP contribution in [0.5, 0.6) is 0 Å². The minimum atomic E-state index is -0.331. The van der Waals surface area contributed by atoms with E-state index in [4.69, 9.17) is 11.6 Å². The standard InChI is InChI=1S/C20H19ClN4OS/c1-13(19(26)22-16-7-5-6-15(21)12-16)27-20-24-23-18(14-10-11-14)25(20)17-8-3-2-4-9-17/h2-9,12-14H,10-11H2,1H3,(H,22,26)/t13-/m0/s1. The van der Waals surface area contributed by atoms with Crippen molar-refractivity contribution >= 4 is 35.0 Å². The number of nitrogens with zero attached hydrogens (tertiary/aromatic N) is 3. The number of anilines is 1. The summed E-state index contributed by atoms with van der Waals surface area (Å²) in [7, 11) is 0. The van der Waals surface area contributed by atoms with E-state index in [1.807, 2.05) is 49.4 Å². The van der Waals surface area contributed by atoms with Crippen LogP contribution in [-0.2, 0) is 4.79 Å². The number of benzene rings is 2. The van der Waals surface area contributed by atoms with Gasteiger partial charge in [-0.15, -0.1) is 10.2 Å². The van der Waals surface area contributed by atoms with E-state index in [-0.39, 0.29) is 11.2 Å². The molecule has 0 bridgehead atoms. The van der Waals surface area contributed by atoms with Crippen LogP contribution in [0, 0.1) is 0 Å². The molecule has 3 aromatic rings. The van der Waals surface area contributed by atoms with Crippen LogP contribution in [0.25, 0.3) is 5.69 Å². The Bertz CT molecular complexity index is 956. The van der Waals surface area contributed by atoms with Crippen LogP contribution in [0.15, 0.2) is 59.8 Å². The van der Waals surface area contributed by atoms with Gasteiger partial charge in [-0.3, -0.25) is 9.36 Å². The van der Waals surface area contributed by atoms with E-state index in [1.165, 1.54) is 11.8 Å². The van der Waals surface area contributed by atoms with Crippen LogP contribution in [0.4, 0.5) is 5.69 Å². The van der Waals surface area contributed by atoms with Gasteiger partial charge in [0, 0.05) is 22.3 Å². The van der Waals surface area contributed by atoms with Crippen LogP contribution in [0.1, 0.15) is 31.5 Å². The number of carbonyl (C=O) groups is 1. The van der Waals surface area contributed by atoms with Gasteiger partial charge in [0.25, 0.3) is 0 Å². The van der Waals surface area contributed by atoms with Crippen molar-refractivity contribution in [1.82, 2.24) is 14.8 Å². The van der Waals surface area contributed by atoms with Crippen molar-refractivity contribution in [3.8, 4) is 5.69 Å². The summed E-state index contributed by atoms with van der Waals surface area (Å²) in [5.41, 5.74) is 1.71. The number of nitrogens with one attached hydrogen (secondary N) is 1. The maximum Gasteiger partial charge on any atom is 0.237 e. The lowest BCUT2D eigenvalue weighted by Gasteiger charge is -2.14. The summed E-state index contributed by atoms with van der Waals surface area (Å²) in [5.74, 6) is 1.34. The number of halogens is 1. The second-order valence-corrected chi connectivity index (χ2v) is 8.29. The Morgan fingerprint density at radius 2 is 1.96 bits per heavy atom. The largest absolute Gasteiger partial charge is 0.325 e. The molecule has 1 aromatic heterocycles. The molecule has 1 N–H and O–H groups in total. The molecule has 1 heterocycles. The first-order valence-corrected chi connectivity index (χ1v) is 10.1. The minimum Gasteiger partial charge on any atom is -0.325 e. The predicted molar refractivity (Wildman–Crippen MR) is 109 cm³/mol. The fourth-order valence-corrected chi connectivity index (χ4v) is 3.87. The number of hydrogen-bond donors (Lipinski definition) is 1. The minimum absolute atomic E-state index is 0.0992. The molecule has 0 saturated heterocycles. The van der Waals surface area contributed by atoms with Crippen molar-refractivity contribution in [2.75, 3.05) is 5.32 Å². The maximum absolute atomic E-state index is 12.6. The molecule has 4 rings (SSSR count). The molecular weight excluding hydrogens is 380 g/mol. The zero-order valence-electron chi connectivity index (χ0n) is 14.8. The van der Waals surface area contributed by atoms with E-state index in [1.54, 1.807) is 12.1 Å². The molecule has 2 aromatic carbocycles. The molecule has 1 saturated carbocycles. The van der Waals surface area contributed by atoms with Gasteiger partial charge in [0.05, 0.1) is 5.25 Å². The van der Waals surface area contributed by atoms with Crippen LogP contribution in [0.2, 0.25) is 5.02 Å². The van der Waals surface area contributed by atoms with Gasteiger partial charge in [-0.25, -0.2) is 0 Å². The van der Waals surface area contributed by atoms with Crippen molar-refractivity contribution < 1.29 is 4.79 Å². The molecule has 0 spiro atoms. The molecule has 5 nitrogen and oxygen atoms in total. The van der Waals surface area contributed by atoms with E-state index < -0.39 is 0 Å². The highest BCUT2D eigenvalue weighted by Gasteiger charge is 2.31. The number of para-hydroxylation sites is 1.